The van der Waals surface area contributed by atoms with Crippen LogP contribution in [-0.4, -0.2) is 45.7 Å². The summed E-state index contributed by atoms with van der Waals surface area (Å²) in [5.74, 6) is 0.323. The summed E-state index contributed by atoms with van der Waals surface area (Å²) in [6.45, 7) is 0.838. The van der Waals surface area contributed by atoms with Gasteiger partial charge in [0.2, 0.25) is 5.91 Å². The molecule has 0 aliphatic carbocycles. The summed E-state index contributed by atoms with van der Waals surface area (Å²) in [5.41, 5.74) is 2.02. The van der Waals surface area contributed by atoms with E-state index in [1.165, 1.54) is 12.1 Å². The zero-order chi connectivity index (χ0) is 18.7. The van der Waals surface area contributed by atoms with E-state index in [2.05, 4.69) is 0 Å². The minimum atomic E-state index is -3.65. The fraction of sp³-hybridized carbons (Fsp3) is 0.316. The van der Waals surface area contributed by atoms with E-state index in [9.17, 15) is 13.2 Å². The van der Waals surface area contributed by atoms with Crippen molar-refractivity contribution in [1.29, 1.82) is 0 Å². The van der Waals surface area contributed by atoms with Gasteiger partial charge in [0.25, 0.3) is 0 Å². The number of methoxy groups -OCH3 is 2. The number of fused-ring (bicyclic) bond motifs is 1. The third-order valence-corrected chi connectivity index (χ3v) is 6.10. The molecule has 0 N–H and O–H groups in total. The lowest BCUT2D eigenvalue weighted by Crippen LogP contribution is -2.39. The summed E-state index contributed by atoms with van der Waals surface area (Å²) in [5, 5.41) is 0. The van der Waals surface area contributed by atoms with Crippen LogP contribution in [0.5, 0.6) is 11.5 Å². The van der Waals surface area contributed by atoms with E-state index in [-0.39, 0.29) is 4.90 Å². The summed E-state index contributed by atoms with van der Waals surface area (Å²) < 4.78 is 35.5. The lowest BCUT2D eigenvalue weighted by molar-refractivity contribution is -0.129. The number of carbonyl (C=O) groups excluding carboxylic acids is 1. The lowest BCUT2D eigenvalue weighted by Gasteiger charge is -2.29. The van der Waals surface area contributed by atoms with Gasteiger partial charge < -0.3 is 14.4 Å². The number of rotatable bonds is 5. The molecule has 0 aromatic heterocycles. The Hall–Kier alpha value is -2.54. The van der Waals surface area contributed by atoms with Gasteiger partial charge in [0.05, 0.1) is 19.1 Å². The van der Waals surface area contributed by atoms with E-state index in [0.717, 1.165) is 11.1 Å². The molecule has 1 aliphatic heterocycles. The SMILES string of the molecule is COc1cc2c(cc1OC)CN(C(=O)CS(=O)(=O)c1ccccc1)CC2. The third-order valence-electron chi connectivity index (χ3n) is 4.49. The number of carbonyl (C=O) groups is 1. The first-order valence-electron chi connectivity index (χ1n) is 8.24. The van der Waals surface area contributed by atoms with E-state index in [4.69, 9.17) is 9.47 Å². The van der Waals surface area contributed by atoms with Crippen LogP contribution < -0.4 is 9.47 Å². The van der Waals surface area contributed by atoms with Crippen molar-refractivity contribution < 1.29 is 22.7 Å². The molecular formula is C19H21NO5S. The van der Waals surface area contributed by atoms with Gasteiger partial charge in [-0.3, -0.25) is 4.79 Å². The molecule has 0 saturated heterocycles. The zero-order valence-corrected chi connectivity index (χ0v) is 15.6. The highest BCUT2D eigenvalue weighted by atomic mass is 32.2. The molecule has 1 aliphatic rings. The second-order valence-corrected chi connectivity index (χ2v) is 8.10. The number of hydrogen-bond donors (Lipinski definition) is 0. The normalized spacial score (nSPS) is 13.8. The molecule has 0 saturated carbocycles. The maximum Gasteiger partial charge on any atom is 0.238 e. The molecule has 26 heavy (non-hydrogen) atoms. The van der Waals surface area contributed by atoms with Crippen molar-refractivity contribution in [3.63, 3.8) is 0 Å². The summed E-state index contributed by atoms with van der Waals surface area (Å²) >= 11 is 0. The third kappa shape index (κ3) is 3.67. The highest BCUT2D eigenvalue weighted by Crippen LogP contribution is 2.33. The average Bonchev–Trinajstić information content (AvgIpc) is 2.66. The minimum Gasteiger partial charge on any atom is -0.493 e. The fourth-order valence-corrected chi connectivity index (χ4v) is 4.31. The molecule has 138 valence electrons. The van der Waals surface area contributed by atoms with Gasteiger partial charge in [-0.2, -0.15) is 0 Å². The van der Waals surface area contributed by atoms with Crippen LogP contribution in [0.3, 0.4) is 0 Å². The van der Waals surface area contributed by atoms with E-state index >= 15 is 0 Å². The molecular weight excluding hydrogens is 354 g/mol. The maximum atomic E-state index is 12.6. The monoisotopic (exact) mass is 375 g/mol. The van der Waals surface area contributed by atoms with E-state index in [1.54, 1.807) is 37.3 Å². The molecule has 0 fully saturated rings. The topological polar surface area (TPSA) is 72.9 Å². The van der Waals surface area contributed by atoms with Crippen molar-refractivity contribution in [1.82, 2.24) is 4.90 Å². The van der Waals surface area contributed by atoms with Gasteiger partial charge in [0, 0.05) is 13.1 Å². The highest BCUT2D eigenvalue weighted by molar-refractivity contribution is 7.92. The number of sulfone groups is 1. The quantitative estimate of drug-likeness (QED) is 0.800. The van der Waals surface area contributed by atoms with Gasteiger partial charge in [-0.1, -0.05) is 18.2 Å². The van der Waals surface area contributed by atoms with Gasteiger partial charge >= 0.3 is 0 Å². The van der Waals surface area contributed by atoms with Crippen molar-refractivity contribution >= 4 is 15.7 Å². The first kappa shape index (κ1) is 18.3. The largest absolute Gasteiger partial charge is 0.493 e. The summed E-state index contributed by atoms with van der Waals surface area (Å²) in [6.07, 6.45) is 0.646. The molecule has 6 nitrogen and oxygen atoms in total. The summed E-state index contributed by atoms with van der Waals surface area (Å²) in [4.78, 5) is 14.3. The Morgan fingerprint density at radius 1 is 1.04 bits per heavy atom. The molecule has 2 aromatic carbocycles. The first-order valence-corrected chi connectivity index (χ1v) is 9.89. The van der Waals surface area contributed by atoms with Crippen LogP contribution in [0.1, 0.15) is 11.1 Å². The second kappa shape index (κ2) is 7.37. The summed E-state index contributed by atoms with van der Waals surface area (Å²) in [6, 6.07) is 11.8. The van der Waals surface area contributed by atoms with Gasteiger partial charge in [-0.15, -0.1) is 0 Å². The standard InChI is InChI=1S/C19H21NO5S/c1-24-17-10-14-8-9-20(12-15(14)11-18(17)25-2)19(21)13-26(22,23)16-6-4-3-5-7-16/h3-7,10-11H,8-9,12-13H2,1-2H3. The number of hydrogen-bond acceptors (Lipinski definition) is 5. The molecule has 2 aromatic rings. The number of ether oxygens (including phenoxy) is 2. The number of benzene rings is 2. The molecule has 0 atom stereocenters. The smallest absolute Gasteiger partial charge is 0.238 e. The van der Waals surface area contributed by atoms with Crippen LogP contribution in [0.15, 0.2) is 47.4 Å². The highest BCUT2D eigenvalue weighted by Gasteiger charge is 2.27. The van der Waals surface area contributed by atoms with Crippen LogP contribution in [0.2, 0.25) is 0 Å². The van der Waals surface area contributed by atoms with E-state index < -0.39 is 21.5 Å². The van der Waals surface area contributed by atoms with Crippen LogP contribution >= 0.6 is 0 Å². The lowest BCUT2D eigenvalue weighted by atomic mass is 9.99. The number of nitrogens with zero attached hydrogens (tertiary/aromatic N) is 1. The Kier molecular flexibility index (Phi) is 5.18. The molecule has 0 bridgehead atoms. The Balaban J connectivity index is 1.77. The average molecular weight is 375 g/mol. The van der Waals surface area contributed by atoms with E-state index in [0.29, 0.717) is 31.0 Å². The molecule has 0 radical (unpaired) electrons. The Bertz CT molecular complexity index is 909. The van der Waals surface area contributed by atoms with E-state index in [1.807, 2.05) is 12.1 Å². The Labute approximate surface area is 153 Å². The Morgan fingerprint density at radius 2 is 1.65 bits per heavy atom. The molecule has 1 heterocycles. The van der Waals surface area contributed by atoms with Crippen LogP contribution in [0.4, 0.5) is 0 Å². The molecule has 0 spiro atoms. The summed E-state index contributed by atoms with van der Waals surface area (Å²) in [7, 11) is -0.507. The minimum absolute atomic E-state index is 0.164. The van der Waals surface area contributed by atoms with Crippen molar-refractivity contribution in [2.24, 2.45) is 0 Å². The van der Waals surface area contributed by atoms with Gasteiger partial charge in [0.15, 0.2) is 21.3 Å². The second-order valence-electron chi connectivity index (χ2n) is 6.11. The van der Waals surface area contributed by atoms with Crippen molar-refractivity contribution in [2.45, 2.75) is 17.9 Å². The predicted octanol–water partition coefficient (Wildman–Crippen LogP) is 2.06. The zero-order valence-electron chi connectivity index (χ0n) is 14.8. The van der Waals surface area contributed by atoms with Crippen LogP contribution in [-0.2, 0) is 27.6 Å². The van der Waals surface area contributed by atoms with Crippen molar-refractivity contribution in [3.05, 3.63) is 53.6 Å². The maximum absolute atomic E-state index is 12.6. The first-order chi connectivity index (χ1) is 12.4. The van der Waals surface area contributed by atoms with Crippen molar-refractivity contribution in [3.8, 4) is 11.5 Å². The predicted molar refractivity (Wildman–Crippen MR) is 97.2 cm³/mol. The fourth-order valence-electron chi connectivity index (χ4n) is 3.06. The molecule has 0 unspecified atom stereocenters. The van der Waals surface area contributed by atoms with Crippen LogP contribution in [0, 0.1) is 0 Å². The van der Waals surface area contributed by atoms with Crippen molar-refractivity contribution in [2.75, 3.05) is 26.5 Å². The number of amides is 1. The van der Waals surface area contributed by atoms with Gasteiger partial charge in [-0.25, -0.2) is 8.42 Å². The molecule has 7 heteroatoms. The Morgan fingerprint density at radius 3 is 2.27 bits per heavy atom. The van der Waals surface area contributed by atoms with Gasteiger partial charge in [0.1, 0.15) is 5.75 Å². The van der Waals surface area contributed by atoms with Gasteiger partial charge in [-0.05, 0) is 41.8 Å². The molecule has 3 rings (SSSR count). The molecule has 1 amide bonds. The van der Waals surface area contributed by atoms with Crippen LogP contribution in [0.25, 0.3) is 0 Å².